The number of rotatable bonds is 8. The third kappa shape index (κ3) is 3.98. The van der Waals surface area contributed by atoms with E-state index in [1.807, 2.05) is 38.1 Å². The molecular weight excluding hydrogens is 276 g/mol. The van der Waals surface area contributed by atoms with Gasteiger partial charge < -0.3 is 13.9 Å². The second-order valence-electron chi connectivity index (χ2n) is 3.85. The van der Waals surface area contributed by atoms with Crippen molar-refractivity contribution in [2.45, 2.75) is 19.1 Å². The summed E-state index contributed by atoms with van der Waals surface area (Å²) < 4.78 is 16.5. The van der Waals surface area contributed by atoms with Crippen molar-refractivity contribution in [2.75, 3.05) is 25.6 Å². The Labute approximate surface area is 122 Å². The molecule has 1 heterocycles. The van der Waals surface area contributed by atoms with Crippen LogP contribution < -0.4 is 4.74 Å². The molecule has 1 aromatic carbocycles. The van der Waals surface area contributed by atoms with E-state index in [4.69, 9.17) is 13.9 Å². The van der Waals surface area contributed by atoms with Crippen LogP contribution >= 0.6 is 11.8 Å². The lowest BCUT2D eigenvalue weighted by Gasteiger charge is -2.06. The number of hydrogen-bond donors (Lipinski definition) is 0. The number of hydrogen-bond acceptors (Lipinski definition) is 6. The number of benzene rings is 1. The normalized spacial score (nSPS) is 10.7. The lowest BCUT2D eigenvalue weighted by molar-refractivity contribution is 0.164. The van der Waals surface area contributed by atoms with Gasteiger partial charge >= 0.3 is 0 Å². The van der Waals surface area contributed by atoms with Crippen LogP contribution in [0.1, 0.15) is 13.8 Å². The van der Waals surface area contributed by atoms with Gasteiger partial charge in [-0.15, -0.1) is 10.2 Å². The molecule has 0 amide bonds. The predicted molar refractivity (Wildman–Crippen MR) is 78.1 cm³/mol. The predicted octanol–water partition coefficient (Wildman–Crippen LogP) is 3.26. The van der Waals surface area contributed by atoms with Gasteiger partial charge in [0.15, 0.2) is 0 Å². The maximum atomic E-state index is 5.64. The Morgan fingerprint density at radius 1 is 1.15 bits per heavy atom. The Morgan fingerprint density at radius 2 is 2.00 bits per heavy atom. The lowest BCUT2D eigenvalue weighted by atomic mass is 10.2. The topological polar surface area (TPSA) is 57.4 Å². The van der Waals surface area contributed by atoms with Gasteiger partial charge in [0.05, 0.1) is 18.8 Å². The molecule has 0 fully saturated rings. The molecule has 0 saturated carbocycles. The van der Waals surface area contributed by atoms with Crippen molar-refractivity contribution < 1.29 is 13.9 Å². The summed E-state index contributed by atoms with van der Waals surface area (Å²) in [7, 11) is 0. The Bertz CT molecular complexity index is 531. The molecule has 0 spiro atoms. The monoisotopic (exact) mass is 294 g/mol. The molecular formula is C14H18N2O3S. The molecule has 0 aliphatic rings. The maximum Gasteiger partial charge on any atom is 0.276 e. The van der Waals surface area contributed by atoms with Crippen LogP contribution in [0.2, 0.25) is 0 Å². The van der Waals surface area contributed by atoms with Crippen molar-refractivity contribution >= 4 is 11.8 Å². The lowest BCUT2D eigenvalue weighted by Crippen LogP contribution is -1.95. The van der Waals surface area contributed by atoms with Crippen LogP contribution in [0, 0.1) is 0 Å². The molecule has 0 N–H and O–H groups in total. The summed E-state index contributed by atoms with van der Waals surface area (Å²) in [4.78, 5) is 0. The Morgan fingerprint density at radius 3 is 2.80 bits per heavy atom. The van der Waals surface area contributed by atoms with Crippen molar-refractivity contribution in [2.24, 2.45) is 0 Å². The summed E-state index contributed by atoms with van der Waals surface area (Å²) in [5.74, 6) is 2.03. The fourth-order valence-corrected chi connectivity index (χ4v) is 2.25. The van der Waals surface area contributed by atoms with Crippen LogP contribution in [0.15, 0.2) is 33.9 Å². The molecule has 2 rings (SSSR count). The first-order valence-electron chi connectivity index (χ1n) is 6.61. The van der Waals surface area contributed by atoms with E-state index in [0.29, 0.717) is 24.3 Å². The van der Waals surface area contributed by atoms with E-state index in [1.54, 1.807) is 0 Å². The summed E-state index contributed by atoms with van der Waals surface area (Å²) in [6, 6.07) is 7.64. The first kappa shape index (κ1) is 14.9. The second-order valence-corrected chi connectivity index (χ2v) is 4.89. The van der Waals surface area contributed by atoms with Crippen molar-refractivity contribution in [1.29, 1.82) is 0 Å². The van der Waals surface area contributed by atoms with Gasteiger partial charge in [0.1, 0.15) is 5.75 Å². The van der Waals surface area contributed by atoms with Crippen LogP contribution in [-0.4, -0.2) is 35.8 Å². The Balaban J connectivity index is 2.04. The zero-order valence-corrected chi connectivity index (χ0v) is 12.5. The molecule has 6 heteroatoms. The average molecular weight is 294 g/mol. The molecule has 0 radical (unpaired) electrons. The highest BCUT2D eigenvalue weighted by Gasteiger charge is 2.13. The van der Waals surface area contributed by atoms with E-state index in [2.05, 4.69) is 10.2 Å². The summed E-state index contributed by atoms with van der Waals surface area (Å²) in [6.07, 6.45) is 0. The smallest absolute Gasteiger partial charge is 0.276 e. The number of aromatic nitrogens is 2. The summed E-state index contributed by atoms with van der Waals surface area (Å²) in [5.41, 5.74) is 0.818. The number of thioether (sulfide) groups is 1. The Hall–Kier alpha value is -1.53. The molecule has 1 aromatic heterocycles. The van der Waals surface area contributed by atoms with Crippen LogP contribution in [0.4, 0.5) is 0 Å². The van der Waals surface area contributed by atoms with E-state index in [9.17, 15) is 0 Å². The van der Waals surface area contributed by atoms with Gasteiger partial charge in [0.25, 0.3) is 11.1 Å². The van der Waals surface area contributed by atoms with Gasteiger partial charge in [-0.3, -0.25) is 0 Å². The van der Waals surface area contributed by atoms with E-state index in [1.165, 1.54) is 11.8 Å². The first-order valence-corrected chi connectivity index (χ1v) is 7.60. The molecule has 2 aromatic rings. The third-order valence-electron chi connectivity index (χ3n) is 2.48. The number of nitrogens with zero attached hydrogens (tertiary/aromatic N) is 2. The number of para-hydroxylation sites is 1. The van der Waals surface area contributed by atoms with Crippen LogP contribution in [0.5, 0.6) is 5.75 Å². The highest BCUT2D eigenvalue weighted by molar-refractivity contribution is 7.99. The maximum absolute atomic E-state index is 5.64. The molecule has 0 atom stereocenters. The molecule has 5 nitrogen and oxygen atoms in total. The van der Waals surface area contributed by atoms with Crippen LogP contribution in [0.25, 0.3) is 11.5 Å². The van der Waals surface area contributed by atoms with E-state index in [-0.39, 0.29) is 0 Å². The standard InChI is InChI=1S/C14H18N2O3S/c1-3-17-9-10-20-14-16-15-13(19-14)11-7-5-6-8-12(11)18-4-2/h5-8H,3-4,9-10H2,1-2H3. The van der Waals surface area contributed by atoms with Crippen molar-refractivity contribution in [3.63, 3.8) is 0 Å². The van der Waals surface area contributed by atoms with Crippen molar-refractivity contribution in [3.8, 4) is 17.2 Å². The third-order valence-corrected chi connectivity index (χ3v) is 3.26. The van der Waals surface area contributed by atoms with Gasteiger partial charge in [0, 0.05) is 12.4 Å². The highest BCUT2D eigenvalue weighted by atomic mass is 32.2. The molecule has 20 heavy (non-hydrogen) atoms. The van der Waals surface area contributed by atoms with Gasteiger partial charge in [-0.25, -0.2) is 0 Å². The van der Waals surface area contributed by atoms with E-state index >= 15 is 0 Å². The fraction of sp³-hybridized carbons (Fsp3) is 0.429. The molecule has 0 unspecified atom stereocenters. The molecule has 0 aliphatic heterocycles. The first-order chi connectivity index (χ1) is 9.85. The number of ether oxygens (including phenoxy) is 2. The fourth-order valence-electron chi connectivity index (χ4n) is 1.63. The van der Waals surface area contributed by atoms with Gasteiger partial charge in [-0.1, -0.05) is 23.9 Å². The summed E-state index contributed by atoms with van der Waals surface area (Å²) in [6.45, 7) is 5.91. The zero-order chi connectivity index (χ0) is 14.2. The molecule has 0 aliphatic carbocycles. The van der Waals surface area contributed by atoms with Crippen LogP contribution in [0.3, 0.4) is 0 Å². The average Bonchev–Trinajstić information content (AvgIpc) is 2.93. The molecule has 108 valence electrons. The SMILES string of the molecule is CCOCCSc1nnc(-c2ccccc2OCC)o1. The van der Waals surface area contributed by atoms with Crippen LogP contribution in [-0.2, 0) is 4.74 Å². The van der Waals surface area contributed by atoms with Gasteiger partial charge in [-0.05, 0) is 26.0 Å². The minimum atomic E-state index is 0.480. The minimum absolute atomic E-state index is 0.480. The second kappa shape index (κ2) is 7.91. The van der Waals surface area contributed by atoms with E-state index in [0.717, 1.165) is 23.7 Å². The van der Waals surface area contributed by atoms with Crippen molar-refractivity contribution in [3.05, 3.63) is 24.3 Å². The Kier molecular flexibility index (Phi) is 5.88. The summed E-state index contributed by atoms with van der Waals surface area (Å²) in [5, 5.41) is 8.64. The largest absolute Gasteiger partial charge is 0.493 e. The highest BCUT2D eigenvalue weighted by Crippen LogP contribution is 2.30. The van der Waals surface area contributed by atoms with Crippen molar-refractivity contribution in [1.82, 2.24) is 10.2 Å². The quantitative estimate of drug-likeness (QED) is 0.550. The minimum Gasteiger partial charge on any atom is -0.493 e. The summed E-state index contributed by atoms with van der Waals surface area (Å²) >= 11 is 1.49. The molecule has 0 saturated heterocycles. The zero-order valence-electron chi connectivity index (χ0n) is 11.7. The van der Waals surface area contributed by atoms with Gasteiger partial charge in [0.2, 0.25) is 0 Å². The van der Waals surface area contributed by atoms with Gasteiger partial charge in [-0.2, -0.15) is 0 Å². The van der Waals surface area contributed by atoms with E-state index < -0.39 is 0 Å². The molecule has 0 bridgehead atoms.